The summed E-state index contributed by atoms with van der Waals surface area (Å²) in [7, 11) is -3.61. The summed E-state index contributed by atoms with van der Waals surface area (Å²) < 4.78 is 28.6. The van der Waals surface area contributed by atoms with Gasteiger partial charge in [0.15, 0.2) is 0 Å². The number of carbonyl (C=O) groups excluding carboxylic acids is 1. The van der Waals surface area contributed by atoms with Crippen LogP contribution in [0.1, 0.15) is 30.8 Å². The highest BCUT2D eigenvalue weighted by atomic mass is 32.2. The first-order valence-corrected chi connectivity index (χ1v) is 12.3. The van der Waals surface area contributed by atoms with E-state index in [1.807, 2.05) is 26.8 Å². The molecule has 0 saturated heterocycles. The molecule has 1 N–H and O–H groups in total. The number of rotatable bonds is 8. The highest BCUT2D eigenvalue weighted by molar-refractivity contribution is 7.99. The van der Waals surface area contributed by atoms with Crippen LogP contribution in [0.4, 0.5) is 5.69 Å². The molecule has 1 aromatic carbocycles. The van der Waals surface area contributed by atoms with E-state index < -0.39 is 10.0 Å². The number of fused-ring (bicyclic) bond motifs is 1. The molecular formula is C20H26N6O3S2. The summed E-state index contributed by atoms with van der Waals surface area (Å²) in [6.07, 6.45) is 0. The molecule has 0 saturated carbocycles. The molecule has 0 atom stereocenters. The van der Waals surface area contributed by atoms with Gasteiger partial charge in [0, 0.05) is 30.2 Å². The standard InChI is InChI=1S/C20H26N6O3S2/c1-6-25(7-2)31(28,29)16-9-8-13(3)17(11-16)22-18(27)12-30-20-23-19-21-14(4)10-15(5)26(19)24-20/h8-11H,6-7,12H2,1-5H3,(H,22,27). The van der Waals surface area contributed by atoms with Crippen molar-refractivity contribution in [2.75, 3.05) is 24.2 Å². The van der Waals surface area contributed by atoms with Gasteiger partial charge in [0.05, 0.1) is 10.6 Å². The van der Waals surface area contributed by atoms with Crippen LogP contribution in [0.3, 0.4) is 0 Å². The van der Waals surface area contributed by atoms with Crippen LogP contribution in [-0.2, 0) is 14.8 Å². The maximum Gasteiger partial charge on any atom is 0.253 e. The Morgan fingerprint density at radius 2 is 1.84 bits per heavy atom. The highest BCUT2D eigenvalue weighted by Crippen LogP contribution is 2.24. The van der Waals surface area contributed by atoms with Gasteiger partial charge in [-0.2, -0.15) is 9.29 Å². The predicted molar refractivity (Wildman–Crippen MR) is 121 cm³/mol. The number of hydrogen-bond donors (Lipinski definition) is 1. The van der Waals surface area contributed by atoms with Crippen LogP contribution >= 0.6 is 11.8 Å². The summed E-state index contributed by atoms with van der Waals surface area (Å²) in [5, 5.41) is 7.63. The second-order valence-corrected chi connectivity index (χ2v) is 9.93. The Morgan fingerprint density at radius 3 is 2.52 bits per heavy atom. The lowest BCUT2D eigenvalue weighted by atomic mass is 10.2. The molecule has 0 bridgehead atoms. The molecule has 0 aliphatic rings. The molecule has 11 heteroatoms. The van der Waals surface area contributed by atoms with Gasteiger partial charge in [-0.1, -0.05) is 31.7 Å². The zero-order valence-corrected chi connectivity index (χ0v) is 19.8. The van der Waals surface area contributed by atoms with E-state index in [2.05, 4.69) is 20.4 Å². The van der Waals surface area contributed by atoms with E-state index in [4.69, 9.17) is 0 Å². The van der Waals surface area contributed by atoms with Crippen LogP contribution in [0.15, 0.2) is 34.3 Å². The van der Waals surface area contributed by atoms with E-state index in [0.29, 0.717) is 29.7 Å². The van der Waals surface area contributed by atoms with Crippen LogP contribution in [0, 0.1) is 20.8 Å². The summed E-state index contributed by atoms with van der Waals surface area (Å²) in [6.45, 7) is 9.97. The quantitative estimate of drug-likeness (QED) is 0.513. The maximum absolute atomic E-state index is 12.8. The van der Waals surface area contributed by atoms with Gasteiger partial charge in [-0.05, 0) is 44.5 Å². The smallest absolute Gasteiger partial charge is 0.253 e. The Bertz CT molecular complexity index is 1220. The number of hydrogen-bond acceptors (Lipinski definition) is 7. The fraction of sp³-hybridized carbons (Fsp3) is 0.400. The van der Waals surface area contributed by atoms with Crippen molar-refractivity contribution >= 4 is 39.2 Å². The Hall–Kier alpha value is -2.50. The number of nitrogens with zero attached hydrogens (tertiary/aromatic N) is 5. The molecule has 0 radical (unpaired) electrons. The molecule has 2 aromatic heterocycles. The number of aromatic nitrogens is 4. The molecule has 0 aliphatic heterocycles. The topological polar surface area (TPSA) is 110 Å². The summed E-state index contributed by atoms with van der Waals surface area (Å²) in [6, 6.07) is 6.67. The largest absolute Gasteiger partial charge is 0.325 e. The monoisotopic (exact) mass is 462 g/mol. The molecule has 0 spiro atoms. The lowest BCUT2D eigenvalue weighted by Gasteiger charge is -2.19. The Kier molecular flexibility index (Phi) is 6.97. The Morgan fingerprint density at radius 1 is 1.13 bits per heavy atom. The fourth-order valence-electron chi connectivity index (χ4n) is 3.13. The van der Waals surface area contributed by atoms with Crippen molar-refractivity contribution in [2.45, 2.75) is 44.7 Å². The third-order valence-corrected chi connectivity index (χ3v) is 7.64. The van der Waals surface area contributed by atoms with Gasteiger partial charge in [-0.15, -0.1) is 5.10 Å². The molecule has 31 heavy (non-hydrogen) atoms. The number of anilines is 1. The zero-order chi connectivity index (χ0) is 22.8. The van der Waals surface area contributed by atoms with E-state index in [9.17, 15) is 13.2 Å². The Balaban J connectivity index is 1.73. The average molecular weight is 463 g/mol. The third kappa shape index (κ3) is 5.05. The molecule has 3 aromatic rings. The summed E-state index contributed by atoms with van der Waals surface area (Å²) in [5.74, 6) is 0.303. The predicted octanol–water partition coefficient (Wildman–Crippen LogP) is 2.81. The van der Waals surface area contributed by atoms with Crippen molar-refractivity contribution in [3.05, 3.63) is 41.2 Å². The first-order valence-electron chi connectivity index (χ1n) is 9.90. The van der Waals surface area contributed by atoms with E-state index in [1.165, 1.54) is 22.1 Å². The van der Waals surface area contributed by atoms with E-state index in [1.54, 1.807) is 30.5 Å². The number of thioether (sulfide) groups is 1. The molecule has 0 unspecified atom stereocenters. The van der Waals surface area contributed by atoms with Gasteiger partial charge in [0.2, 0.25) is 21.1 Å². The molecule has 0 aliphatic carbocycles. The van der Waals surface area contributed by atoms with Gasteiger partial charge >= 0.3 is 0 Å². The zero-order valence-electron chi connectivity index (χ0n) is 18.2. The molecular weight excluding hydrogens is 436 g/mol. The fourth-order valence-corrected chi connectivity index (χ4v) is 5.24. The van der Waals surface area contributed by atoms with Crippen molar-refractivity contribution in [1.29, 1.82) is 0 Å². The van der Waals surface area contributed by atoms with Gasteiger partial charge in [0.1, 0.15) is 0 Å². The van der Waals surface area contributed by atoms with Crippen LogP contribution in [0.5, 0.6) is 0 Å². The van der Waals surface area contributed by atoms with Gasteiger partial charge in [-0.3, -0.25) is 4.79 Å². The Labute approximate surface area is 186 Å². The maximum atomic E-state index is 12.8. The second-order valence-electron chi connectivity index (χ2n) is 7.05. The second kappa shape index (κ2) is 9.33. The SMILES string of the molecule is CCN(CC)S(=O)(=O)c1ccc(C)c(NC(=O)CSc2nc3nc(C)cc(C)n3n2)c1. The number of benzene rings is 1. The van der Waals surface area contributed by atoms with E-state index in [0.717, 1.165) is 17.0 Å². The number of carbonyl (C=O) groups is 1. The lowest BCUT2D eigenvalue weighted by molar-refractivity contribution is -0.113. The van der Waals surface area contributed by atoms with Crippen molar-refractivity contribution in [2.24, 2.45) is 0 Å². The first-order chi connectivity index (χ1) is 14.6. The minimum absolute atomic E-state index is 0.0847. The van der Waals surface area contributed by atoms with Gasteiger partial charge in [-0.25, -0.2) is 17.9 Å². The van der Waals surface area contributed by atoms with Gasteiger partial charge in [0.25, 0.3) is 5.78 Å². The third-order valence-electron chi connectivity index (χ3n) is 4.76. The number of amides is 1. The minimum atomic E-state index is -3.61. The van der Waals surface area contributed by atoms with Crippen molar-refractivity contribution in [1.82, 2.24) is 23.9 Å². The highest BCUT2D eigenvalue weighted by Gasteiger charge is 2.22. The van der Waals surface area contributed by atoms with Crippen molar-refractivity contribution in [3.8, 4) is 0 Å². The van der Waals surface area contributed by atoms with Crippen LogP contribution in [0.25, 0.3) is 5.78 Å². The number of sulfonamides is 1. The average Bonchev–Trinajstić information content (AvgIpc) is 3.12. The number of aryl methyl sites for hydroxylation is 3. The molecule has 3 rings (SSSR count). The lowest BCUT2D eigenvalue weighted by Crippen LogP contribution is -2.30. The van der Waals surface area contributed by atoms with E-state index >= 15 is 0 Å². The van der Waals surface area contributed by atoms with Crippen LogP contribution < -0.4 is 5.32 Å². The minimum Gasteiger partial charge on any atom is -0.325 e. The summed E-state index contributed by atoms with van der Waals surface area (Å²) >= 11 is 1.19. The molecule has 2 heterocycles. The normalized spacial score (nSPS) is 11.9. The first kappa shape index (κ1) is 23.2. The molecule has 1 amide bonds. The number of nitrogens with one attached hydrogen (secondary N) is 1. The van der Waals surface area contributed by atoms with Crippen molar-refractivity contribution in [3.63, 3.8) is 0 Å². The summed E-state index contributed by atoms with van der Waals surface area (Å²) in [4.78, 5) is 21.4. The van der Waals surface area contributed by atoms with Crippen LogP contribution in [-0.4, -0.2) is 57.1 Å². The van der Waals surface area contributed by atoms with Crippen molar-refractivity contribution < 1.29 is 13.2 Å². The summed E-state index contributed by atoms with van der Waals surface area (Å²) in [5.41, 5.74) is 3.00. The molecule has 166 valence electrons. The molecule has 0 fully saturated rings. The molecule has 9 nitrogen and oxygen atoms in total. The van der Waals surface area contributed by atoms with Crippen LogP contribution in [0.2, 0.25) is 0 Å². The van der Waals surface area contributed by atoms with E-state index in [-0.39, 0.29) is 16.6 Å². The van der Waals surface area contributed by atoms with Gasteiger partial charge < -0.3 is 5.32 Å².